The van der Waals surface area contributed by atoms with E-state index in [4.69, 9.17) is 23.7 Å². The van der Waals surface area contributed by atoms with Crippen LogP contribution in [0, 0.1) is 17.8 Å². The van der Waals surface area contributed by atoms with E-state index in [1.807, 2.05) is 62.2 Å². The zero-order valence-electron chi connectivity index (χ0n) is 36.6. The van der Waals surface area contributed by atoms with Gasteiger partial charge in [0.2, 0.25) is 0 Å². The van der Waals surface area contributed by atoms with E-state index in [0.717, 1.165) is 18.1 Å². The molecule has 3 saturated heterocycles. The van der Waals surface area contributed by atoms with E-state index in [1.165, 1.54) is 18.7 Å². The van der Waals surface area contributed by atoms with Crippen molar-refractivity contribution < 1.29 is 57.5 Å². The molecule has 3 aliphatic heterocycles. The Morgan fingerprint density at radius 3 is 2.30 bits per heavy atom. The van der Waals surface area contributed by atoms with E-state index in [0.29, 0.717) is 25.1 Å². The molecule has 14 nitrogen and oxygen atoms in total. The first-order valence-electron chi connectivity index (χ1n) is 21.2. The number of fused-ring (bicyclic) bond motifs is 1. The number of aliphatic hydroxyl groups excluding tert-OH is 1. The molecule has 0 aliphatic carbocycles. The van der Waals surface area contributed by atoms with Crippen LogP contribution in [0.4, 0.5) is 9.18 Å². The zero-order chi connectivity index (χ0) is 44.3. The number of nitrogens with zero attached hydrogens (tertiary/aromatic N) is 3. The van der Waals surface area contributed by atoms with Crippen LogP contribution in [0.5, 0.6) is 5.75 Å². The van der Waals surface area contributed by atoms with Gasteiger partial charge >= 0.3 is 12.1 Å². The molecule has 4 heterocycles. The van der Waals surface area contributed by atoms with Crippen molar-refractivity contribution in [3.05, 3.63) is 48.8 Å². The Balaban J connectivity index is 1.43. The number of halogens is 1. The number of benzene rings is 1. The predicted molar refractivity (Wildman–Crippen MR) is 220 cm³/mol. The number of likely N-dealkylation sites (N-methyl/N-ethyl adjacent to an activating group) is 1. The first-order chi connectivity index (χ1) is 28.2. The third-order valence-electron chi connectivity index (χ3n) is 12.8. The van der Waals surface area contributed by atoms with Crippen LogP contribution in [0.3, 0.4) is 0 Å². The van der Waals surface area contributed by atoms with Crippen molar-refractivity contribution >= 4 is 23.6 Å². The third kappa shape index (κ3) is 9.70. The van der Waals surface area contributed by atoms with Crippen molar-refractivity contribution in [3.63, 3.8) is 0 Å². The summed E-state index contributed by atoms with van der Waals surface area (Å²) in [6.45, 7) is 14.7. The molecule has 0 spiro atoms. The van der Waals surface area contributed by atoms with Gasteiger partial charge in [0.25, 0.3) is 5.67 Å². The van der Waals surface area contributed by atoms with Gasteiger partial charge in [-0.1, -0.05) is 52.8 Å². The number of Topliss-reactive ketones (excluding diaryl/α,β-unsaturated/α-hetero) is 2. The highest BCUT2D eigenvalue weighted by atomic mass is 19.1. The summed E-state index contributed by atoms with van der Waals surface area (Å²) in [5.74, 6) is -5.79. The molecular weight excluding hydrogens is 778 g/mol. The van der Waals surface area contributed by atoms with Crippen LogP contribution >= 0.6 is 0 Å². The van der Waals surface area contributed by atoms with E-state index in [9.17, 15) is 29.4 Å². The third-order valence-corrected chi connectivity index (χ3v) is 12.8. The van der Waals surface area contributed by atoms with Gasteiger partial charge in [-0.05, 0) is 96.3 Å². The Labute approximate surface area is 353 Å². The maximum Gasteiger partial charge on any atom is 0.410 e. The first kappa shape index (κ1) is 47.0. The lowest BCUT2D eigenvalue weighted by Gasteiger charge is -2.46. The van der Waals surface area contributed by atoms with Crippen LogP contribution in [0.2, 0.25) is 0 Å². The molecule has 1 aromatic heterocycles. The number of pyridine rings is 1. The Bertz CT molecular complexity index is 1810. The average molecular weight is 842 g/mol. The average Bonchev–Trinajstić information content (AvgIpc) is 3.48. The topological polar surface area (TPSA) is 174 Å². The standard InChI is InChI=1S/C45H64FN3O11/c1-11-34-45(9)37(49(42(54)60-45)21-14-22-56-32-18-16-30(17-19-32)31-15-13-20-47-25-31)28(5)35(50)26(3)24-43(7,55)39(29(6)38(52)44(8,46)41(53)58-34)59-40-36(51)33(48(10)12-2)23-27(4)57-40/h13,15-20,25-29,33-34,36-37,39-40,51,55H,11-12,14,21-24H2,1-10H3/t26-,27-,28+,29+,33+,34-,36-,37?,39-,40?,43-,44+,45-/m1/s1. The molecule has 3 aliphatic rings. The number of rotatable bonds is 11. The molecule has 3 fully saturated rings. The van der Waals surface area contributed by atoms with E-state index < -0.39 is 89.2 Å². The summed E-state index contributed by atoms with van der Waals surface area (Å²) in [6.07, 6.45) is -2.41. The number of carbonyl (C=O) groups is 4. The van der Waals surface area contributed by atoms with E-state index in [-0.39, 0.29) is 37.9 Å². The van der Waals surface area contributed by atoms with Crippen molar-refractivity contribution in [2.45, 2.75) is 148 Å². The molecule has 332 valence electrons. The number of aromatic nitrogens is 1. The van der Waals surface area contributed by atoms with E-state index in [1.54, 1.807) is 40.1 Å². The largest absolute Gasteiger partial charge is 0.494 e. The molecular formula is C45H64FN3O11. The SMILES string of the molecule is CC[C@H]1OC(=O)[C@@](C)(F)C(=O)[C@H](C)[C@@H](OC2O[C@H](C)C[C@H](N(C)CC)[C@H]2O)[C@](C)(O)C[C@@H](C)C(=O)[C@H](C)C2N(CCCOc3ccc(-c4cccnc4)cc3)C(=O)O[C@@]21C. The zero-order valence-corrected chi connectivity index (χ0v) is 36.6. The van der Waals surface area contributed by atoms with Crippen molar-refractivity contribution in [2.24, 2.45) is 17.8 Å². The lowest BCUT2D eigenvalue weighted by molar-refractivity contribution is -0.294. The smallest absolute Gasteiger partial charge is 0.410 e. The fraction of sp³-hybridized carbons (Fsp3) is 0.667. The molecule has 0 bridgehead atoms. The molecule has 0 radical (unpaired) electrons. The van der Waals surface area contributed by atoms with Crippen molar-refractivity contribution in [1.82, 2.24) is 14.8 Å². The fourth-order valence-electron chi connectivity index (χ4n) is 9.40. The number of hydrogen-bond acceptors (Lipinski definition) is 13. The van der Waals surface area contributed by atoms with Crippen LogP contribution in [0.1, 0.15) is 88.0 Å². The number of alkyl halides is 1. The van der Waals surface area contributed by atoms with Crippen LogP contribution in [-0.2, 0) is 33.3 Å². The van der Waals surface area contributed by atoms with Crippen molar-refractivity contribution in [2.75, 3.05) is 26.7 Å². The monoisotopic (exact) mass is 841 g/mol. The Morgan fingerprint density at radius 2 is 1.68 bits per heavy atom. The van der Waals surface area contributed by atoms with Gasteiger partial charge in [0.1, 0.15) is 23.7 Å². The summed E-state index contributed by atoms with van der Waals surface area (Å²) in [6, 6.07) is 9.93. The highest BCUT2D eigenvalue weighted by molar-refractivity contribution is 6.08. The van der Waals surface area contributed by atoms with Crippen molar-refractivity contribution in [3.8, 4) is 16.9 Å². The molecule has 2 aromatic rings. The second kappa shape index (κ2) is 18.9. The molecule has 2 unspecified atom stereocenters. The minimum Gasteiger partial charge on any atom is -0.494 e. The number of amides is 1. The highest BCUT2D eigenvalue weighted by Crippen LogP contribution is 2.43. The molecule has 5 rings (SSSR count). The first-order valence-corrected chi connectivity index (χ1v) is 21.2. The normalized spacial score (nSPS) is 37.0. The summed E-state index contributed by atoms with van der Waals surface area (Å²) < 4.78 is 46.9. The second-order valence-electron chi connectivity index (χ2n) is 17.5. The van der Waals surface area contributed by atoms with Gasteiger partial charge in [-0.3, -0.25) is 14.6 Å². The molecule has 1 aromatic carbocycles. The second-order valence-corrected chi connectivity index (χ2v) is 17.5. The van der Waals surface area contributed by atoms with Crippen LogP contribution in [0.25, 0.3) is 11.1 Å². The van der Waals surface area contributed by atoms with Gasteiger partial charge < -0.3 is 43.7 Å². The fourth-order valence-corrected chi connectivity index (χ4v) is 9.40. The lowest BCUT2D eigenvalue weighted by Crippen LogP contribution is -2.61. The molecule has 60 heavy (non-hydrogen) atoms. The van der Waals surface area contributed by atoms with Crippen LogP contribution in [0.15, 0.2) is 48.8 Å². The molecule has 15 heteroatoms. The van der Waals surface area contributed by atoms with Gasteiger partial charge in [-0.2, -0.15) is 0 Å². The van der Waals surface area contributed by atoms with E-state index >= 15 is 4.39 Å². The molecule has 2 N–H and O–H groups in total. The maximum atomic E-state index is 16.8. The number of esters is 1. The number of carbonyl (C=O) groups excluding carboxylic acids is 4. The van der Waals surface area contributed by atoms with Crippen LogP contribution < -0.4 is 4.74 Å². The molecule has 13 atom stereocenters. The summed E-state index contributed by atoms with van der Waals surface area (Å²) >= 11 is 0. The Morgan fingerprint density at radius 1 is 1.00 bits per heavy atom. The van der Waals surface area contributed by atoms with Gasteiger partial charge in [-0.15, -0.1) is 0 Å². The van der Waals surface area contributed by atoms with Gasteiger partial charge in [-0.25, -0.2) is 14.0 Å². The minimum absolute atomic E-state index is 0.0528. The van der Waals surface area contributed by atoms with Gasteiger partial charge in [0.05, 0.1) is 30.5 Å². The Hall–Kier alpha value is -4.02. The molecule has 0 saturated carbocycles. The predicted octanol–water partition coefficient (Wildman–Crippen LogP) is 5.55. The van der Waals surface area contributed by atoms with Crippen LogP contribution in [-0.4, -0.2) is 135 Å². The quantitative estimate of drug-likeness (QED) is 0.164. The molecule has 1 amide bonds. The maximum absolute atomic E-state index is 16.8. The minimum atomic E-state index is -3.24. The number of hydrogen-bond donors (Lipinski definition) is 2. The van der Waals surface area contributed by atoms with Gasteiger partial charge in [0, 0.05) is 42.7 Å². The van der Waals surface area contributed by atoms with Gasteiger partial charge in [0.15, 0.2) is 17.7 Å². The number of ether oxygens (including phenoxy) is 5. The summed E-state index contributed by atoms with van der Waals surface area (Å²) in [5.41, 5.74) is -4.96. The van der Waals surface area contributed by atoms with E-state index in [2.05, 4.69) is 4.98 Å². The summed E-state index contributed by atoms with van der Waals surface area (Å²) in [4.78, 5) is 63.8. The summed E-state index contributed by atoms with van der Waals surface area (Å²) in [5, 5.41) is 23.7. The number of ketones is 2. The highest BCUT2D eigenvalue weighted by Gasteiger charge is 2.61. The van der Waals surface area contributed by atoms with Crippen molar-refractivity contribution in [1.29, 1.82) is 0 Å². The lowest BCUT2D eigenvalue weighted by atomic mass is 9.73. The number of aliphatic hydroxyl groups is 2. The Kier molecular flexibility index (Phi) is 14.8. The summed E-state index contributed by atoms with van der Waals surface area (Å²) in [7, 11) is 1.85. The number of cyclic esters (lactones) is 1.